The maximum Gasteiger partial charge on any atom is 0.331 e. The van der Waals surface area contributed by atoms with Gasteiger partial charge in [0.1, 0.15) is 18.1 Å². The molecule has 3 atom stereocenters. The van der Waals surface area contributed by atoms with Crippen molar-refractivity contribution in [1.29, 1.82) is 0 Å². The quantitative estimate of drug-likeness (QED) is 0.145. The molecule has 5 rings (SSSR count). The highest BCUT2D eigenvalue weighted by atomic mass is 16.2. The normalized spacial score (nSPS) is 15.3. The first kappa shape index (κ1) is 33.5. The minimum absolute atomic E-state index is 0.164. The molecule has 47 heavy (non-hydrogen) atoms. The Bertz CT molecular complexity index is 1660. The topological polar surface area (TPSA) is 144 Å². The number of carbonyl (C=O) groups is 4. The number of rotatable bonds is 14. The van der Waals surface area contributed by atoms with Gasteiger partial charge in [-0.2, -0.15) is 0 Å². The summed E-state index contributed by atoms with van der Waals surface area (Å²) in [6.07, 6.45) is 2.76. The summed E-state index contributed by atoms with van der Waals surface area (Å²) >= 11 is 0. The van der Waals surface area contributed by atoms with Crippen LogP contribution in [0, 0.1) is 5.92 Å². The average molecular weight is 635 g/mol. The summed E-state index contributed by atoms with van der Waals surface area (Å²) in [4.78, 5) is 53.8. The minimum Gasteiger partial charge on any atom is -0.344 e. The van der Waals surface area contributed by atoms with Crippen molar-refractivity contribution in [3.8, 4) is 0 Å². The van der Waals surface area contributed by atoms with E-state index in [0.29, 0.717) is 25.7 Å². The fraction of sp³-hybridized carbons (Fsp3) is 0.316. The highest BCUT2D eigenvalue weighted by Gasteiger charge is 2.32. The SMILES string of the molecule is [NH3+]C(=O)C(Cc1ccccc1)NC(=O)C(CCc1ccccc1)NC(=O)C(Cc1ccc2ccccc2c1)NC(=O)C1CCNCC1. The monoisotopic (exact) mass is 634 g/mol. The van der Waals surface area contributed by atoms with Crippen LogP contribution in [0.25, 0.3) is 10.8 Å². The Morgan fingerprint density at radius 1 is 0.638 bits per heavy atom. The van der Waals surface area contributed by atoms with Gasteiger partial charge in [0.05, 0.1) is 0 Å². The molecule has 1 fully saturated rings. The largest absolute Gasteiger partial charge is 0.344 e. The van der Waals surface area contributed by atoms with E-state index >= 15 is 0 Å². The number of aryl methyl sites for hydroxylation is 1. The Kier molecular flexibility index (Phi) is 11.9. The van der Waals surface area contributed by atoms with Crippen LogP contribution < -0.4 is 27.0 Å². The zero-order valence-corrected chi connectivity index (χ0v) is 26.6. The van der Waals surface area contributed by atoms with Crippen LogP contribution in [0.4, 0.5) is 0 Å². The van der Waals surface area contributed by atoms with E-state index in [1.54, 1.807) is 0 Å². The van der Waals surface area contributed by atoms with Gasteiger partial charge in [-0.05, 0) is 66.2 Å². The van der Waals surface area contributed by atoms with E-state index < -0.39 is 35.8 Å². The lowest BCUT2D eigenvalue weighted by Gasteiger charge is -2.27. The lowest BCUT2D eigenvalue weighted by Crippen LogP contribution is -2.68. The summed E-state index contributed by atoms with van der Waals surface area (Å²) in [6, 6.07) is 30.4. The van der Waals surface area contributed by atoms with E-state index in [1.807, 2.05) is 103 Å². The van der Waals surface area contributed by atoms with Crippen molar-refractivity contribution in [1.82, 2.24) is 21.3 Å². The molecule has 7 N–H and O–H groups in total. The predicted molar refractivity (Wildman–Crippen MR) is 182 cm³/mol. The summed E-state index contributed by atoms with van der Waals surface area (Å²) < 4.78 is 0. The lowest BCUT2D eigenvalue weighted by atomic mass is 9.95. The first-order chi connectivity index (χ1) is 22.9. The van der Waals surface area contributed by atoms with Crippen molar-refractivity contribution in [3.63, 3.8) is 0 Å². The molecule has 0 aliphatic carbocycles. The molecule has 1 aliphatic rings. The second kappa shape index (κ2) is 16.6. The Morgan fingerprint density at radius 2 is 1.21 bits per heavy atom. The number of amides is 4. The number of piperidine rings is 1. The van der Waals surface area contributed by atoms with E-state index in [-0.39, 0.29) is 24.7 Å². The van der Waals surface area contributed by atoms with Crippen molar-refractivity contribution >= 4 is 34.4 Å². The molecular formula is C38H44N5O4+. The summed E-state index contributed by atoms with van der Waals surface area (Å²) in [7, 11) is 0. The lowest BCUT2D eigenvalue weighted by molar-refractivity contribution is -0.308. The second-order valence-corrected chi connectivity index (χ2v) is 12.3. The molecule has 9 heteroatoms. The molecular weight excluding hydrogens is 590 g/mol. The van der Waals surface area contributed by atoms with Crippen LogP contribution in [0.3, 0.4) is 0 Å². The number of benzene rings is 4. The number of hydrogen-bond acceptors (Lipinski definition) is 5. The molecule has 0 spiro atoms. The fourth-order valence-electron chi connectivity index (χ4n) is 6.05. The molecule has 1 saturated heterocycles. The van der Waals surface area contributed by atoms with Gasteiger partial charge in [-0.3, -0.25) is 20.1 Å². The molecule has 0 radical (unpaired) electrons. The summed E-state index contributed by atoms with van der Waals surface area (Å²) in [6.45, 7) is 1.49. The zero-order valence-electron chi connectivity index (χ0n) is 26.6. The van der Waals surface area contributed by atoms with E-state index in [9.17, 15) is 19.2 Å². The van der Waals surface area contributed by atoms with E-state index in [0.717, 1.165) is 40.6 Å². The van der Waals surface area contributed by atoms with E-state index in [1.165, 1.54) is 0 Å². The van der Waals surface area contributed by atoms with Crippen LogP contribution >= 0.6 is 0 Å². The summed E-state index contributed by atoms with van der Waals surface area (Å²) in [5.74, 6) is -1.69. The number of quaternary nitrogens is 1. The molecule has 1 heterocycles. The van der Waals surface area contributed by atoms with Crippen LogP contribution in [0.15, 0.2) is 103 Å². The van der Waals surface area contributed by atoms with Crippen molar-refractivity contribution < 1.29 is 24.9 Å². The van der Waals surface area contributed by atoms with E-state index in [2.05, 4.69) is 27.0 Å². The van der Waals surface area contributed by atoms with Gasteiger partial charge >= 0.3 is 5.91 Å². The molecule has 0 saturated carbocycles. The van der Waals surface area contributed by atoms with Gasteiger partial charge in [0.25, 0.3) is 0 Å². The number of hydrogen-bond donors (Lipinski definition) is 5. The standard InChI is InChI=1S/C38H43N5O4/c39-35(44)33(24-27-11-5-2-6-12-27)42-37(46)32(18-16-26-9-3-1-4-10-26)41-38(47)34(43-36(45)30-19-21-40-22-20-30)25-28-15-17-29-13-7-8-14-31(29)23-28/h1-15,17,23,30,32-34,40H,16,18-22,24-25H2,(H2,39,44)(H,41,47)(H,42,46)(H,43,45)/p+1. The highest BCUT2D eigenvalue weighted by molar-refractivity contribution is 5.94. The molecule has 0 bridgehead atoms. The third-order valence-electron chi connectivity index (χ3n) is 8.78. The summed E-state index contributed by atoms with van der Waals surface area (Å²) in [5, 5.41) is 14.2. The maximum atomic E-state index is 14.1. The third-order valence-corrected chi connectivity index (χ3v) is 8.78. The molecule has 4 aromatic rings. The maximum absolute atomic E-state index is 14.1. The number of fused-ring (bicyclic) bond motifs is 1. The van der Waals surface area contributed by atoms with Gasteiger partial charge in [0.15, 0.2) is 0 Å². The number of nitrogens with one attached hydrogen (secondary N) is 4. The summed E-state index contributed by atoms with van der Waals surface area (Å²) in [5.41, 5.74) is 6.38. The van der Waals surface area contributed by atoms with E-state index in [4.69, 9.17) is 0 Å². The Hall–Kier alpha value is -4.86. The van der Waals surface area contributed by atoms with Crippen molar-refractivity contribution in [3.05, 3.63) is 120 Å². The van der Waals surface area contributed by atoms with Crippen molar-refractivity contribution in [2.45, 2.75) is 56.7 Å². The van der Waals surface area contributed by atoms with Crippen LogP contribution in [0.2, 0.25) is 0 Å². The Labute approximate surface area is 275 Å². The smallest absolute Gasteiger partial charge is 0.331 e. The molecule has 3 unspecified atom stereocenters. The third kappa shape index (κ3) is 9.81. The molecule has 0 aromatic heterocycles. The highest BCUT2D eigenvalue weighted by Crippen LogP contribution is 2.18. The average Bonchev–Trinajstić information content (AvgIpc) is 3.10. The van der Waals surface area contributed by atoms with Gasteiger partial charge < -0.3 is 21.3 Å². The zero-order chi connectivity index (χ0) is 33.0. The van der Waals surface area contributed by atoms with Gasteiger partial charge in [0.2, 0.25) is 17.7 Å². The molecule has 4 aromatic carbocycles. The molecule has 1 aliphatic heterocycles. The minimum atomic E-state index is -0.949. The molecule has 4 amide bonds. The van der Waals surface area contributed by atoms with Crippen molar-refractivity contribution in [2.75, 3.05) is 13.1 Å². The van der Waals surface area contributed by atoms with Crippen LogP contribution in [-0.4, -0.2) is 54.8 Å². The van der Waals surface area contributed by atoms with Crippen LogP contribution in [0.1, 0.15) is 36.0 Å². The second-order valence-electron chi connectivity index (χ2n) is 12.3. The van der Waals surface area contributed by atoms with Gasteiger partial charge in [-0.25, -0.2) is 4.79 Å². The van der Waals surface area contributed by atoms with Crippen molar-refractivity contribution in [2.24, 2.45) is 5.92 Å². The number of carbonyl (C=O) groups excluding carboxylic acids is 4. The van der Waals surface area contributed by atoms with Crippen LogP contribution in [-0.2, 0) is 38.4 Å². The fourth-order valence-corrected chi connectivity index (χ4v) is 6.05. The Morgan fingerprint density at radius 3 is 1.89 bits per heavy atom. The van der Waals surface area contributed by atoms with Gasteiger partial charge in [0, 0.05) is 18.8 Å². The first-order valence-corrected chi connectivity index (χ1v) is 16.4. The molecule has 244 valence electrons. The van der Waals surface area contributed by atoms with Gasteiger partial charge in [-0.1, -0.05) is 103 Å². The Balaban J connectivity index is 1.36. The predicted octanol–water partition coefficient (Wildman–Crippen LogP) is 2.48. The first-order valence-electron chi connectivity index (χ1n) is 16.4. The van der Waals surface area contributed by atoms with Crippen LogP contribution in [0.5, 0.6) is 0 Å². The molecule has 9 nitrogen and oxygen atoms in total. The van der Waals surface area contributed by atoms with Gasteiger partial charge in [-0.15, -0.1) is 0 Å².